The highest BCUT2D eigenvalue weighted by Gasteiger charge is 2.17. The minimum absolute atomic E-state index is 0.493. The third kappa shape index (κ3) is 3.38. The van der Waals surface area contributed by atoms with E-state index in [1.807, 2.05) is 23.4 Å². The molecule has 4 nitrogen and oxygen atoms in total. The Morgan fingerprint density at radius 1 is 1.44 bits per heavy atom. The van der Waals surface area contributed by atoms with E-state index in [9.17, 15) is 5.11 Å². The molecule has 2 aromatic rings. The second-order valence-corrected chi connectivity index (χ2v) is 6.31. The Labute approximate surface area is 115 Å². The van der Waals surface area contributed by atoms with Crippen LogP contribution in [0.4, 0.5) is 0 Å². The number of likely N-dealkylation sites (N-methyl/N-ethyl adjacent to an activating group) is 1. The van der Waals surface area contributed by atoms with Crippen molar-refractivity contribution < 1.29 is 5.11 Å². The molecule has 0 aliphatic rings. The van der Waals surface area contributed by atoms with Crippen LogP contribution < -0.4 is 0 Å². The lowest BCUT2D eigenvalue weighted by Gasteiger charge is -2.24. The Kier molecular flexibility index (Phi) is 3.87. The second kappa shape index (κ2) is 5.09. The standard InChI is InChI=1S/C12H16ClN3OS/c1-12(2,17)7-16(3)6-9-14-10(13)8-4-5-18-11(8)15-9/h4-5,17H,6-7H2,1-3H3. The summed E-state index contributed by atoms with van der Waals surface area (Å²) in [6.45, 7) is 4.67. The molecule has 0 aromatic carbocycles. The number of hydrogen-bond donors (Lipinski definition) is 1. The Morgan fingerprint density at radius 2 is 2.17 bits per heavy atom. The number of nitrogens with zero attached hydrogens (tertiary/aromatic N) is 3. The van der Waals surface area contributed by atoms with Gasteiger partial charge in [-0.25, -0.2) is 9.97 Å². The Balaban J connectivity index is 2.16. The van der Waals surface area contributed by atoms with Crippen LogP contribution in [0.2, 0.25) is 5.15 Å². The quantitative estimate of drug-likeness (QED) is 0.877. The molecule has 2 heterocycles. The fourth-order valence-electron chi connectivity index (χ4n) is 1.89. The molecule has 2 aromatic heterocycles. The van der Waals surface area contributed by atoms with Gasteiger partial charge >= 0.3 is 0 Å². The third-order valence-electron chi connectivity index (χ3n) is 2.39. The molecule has 0 spiro atoms. The molecule has 0 saturated carbocycles. The first-order chi connectivity index (χ1) is 8.35. The molecule has 0 bridgehead atoms. The van der Waals surface area contributed by atoms with Gasteiger partial charge in [0.25, 0.3) is 0 Å². The van der Waals surface area contributed by atoms with Crippen LogP contribution >= 0.6 is 22.9 Å². The summed E-state index contributed by atoms with van der Waals surface area (Å²) in [6, 6.07) is 1.92. The number of aliphatic hydroxyl groups is 1. The van der Waals surface area contributed by atoms with Crippen LogP contribution in [0, 0.1) is 0 Å². The molecule has 2 rings (SSSR count). The molecule has 0 aliphatic heterocycles. The van der Waals surface area contributed by atoms with E-state index in [-0.39, 0.29) is 0 Å². The second-order valence-electron chi connectivity index (χ2n) is 5.05. The van der Waals surface area contributed by atoms with E-state index >= 15 is 0 Å². The normalized spacial score (nSPS) is 12.6. The molecule has 0 saturated heterocycles. The molecule has 6 heteroatoms. The van der Waals surface area contributed by atoms with E-state index in [0.29, 0.717) is 24.1 Å². The van der Waals surface area contributed by atoms with Crippen LogP contribution in [-0.2, 0) is 6.54 Å². The van der Waals surface area contributed by atoms with Gasteiger partial charge in [0.1, 0.15) is 15.8 Å². The number of aromatic nitrogens is 2. The van der Waals surface area contributed by atoms with Gasteiger partial charge in [0.15, 0.2) is 0 Å². The minimum Gasteiger partial charge on any atom is -0.389 e. The predicted molar refractivity (Wildman–Crippen MR) is 75.1 cm³/mol. The monoisotopic (exact) mass is 285 g/mol. The lowest BCUT2D eigenvalue weighted by atomic mass is 10.1. The van der Waals surface area contributed by atoms with Gasteiger partial charge < -0.3 is 5.11 Å². The lowest BCUT2D eigenvalue weighted by Crippen LogP contribution is -2.36. The van der Waals surface area contributed by atoms with E-state index in [2.05, 4.69) is 9.97 Å². The molecular weight excluding hydrogens is 270 g/mol. The van der Waals surface area contributed by atoms with Crippen molar-refractivity contribution in [1.29, 1.82) is 0 Å². The number of fused-ring (bicyclic) bond motifs is 1. The van der Waals surface area contributed by atoms with Crippen molar-refractivity contribution in [2.45, 2.75) is 26.0 Å². The summed E-state index contributed by atoms with van der Waals surface area (Å²) >= 11 is 7.66. The fraction of sp³-hybridized carbons (Fsp3) is 0.500. The highest BCUT2D eigenvalue weighted by Crippen LogP contribution is 2.25. The molecule has 98 valence electrons. The van der Waals surface area contributed by atoms with E-state index in [1.54, 1.807) is 25.2 Å². The fourth-order valence-corrected chi connectivity index (χ4v) is 2.98. The molecule has 0 amide bonds. The average molecular weight is 286 g/mol. The first kappa shape index (κ1) is 13.7. The highest BCUT2D eigenvalue weighted by molar-refractivity contribution is 7.16. The maximum absolute atomic E-state index is 9.75. The Morgan fingerprint density at radius 3 is 2.83 bits per heavy atom. The summed E-state index contributed by atoms with van der Waals surface area (Å²) in [5.41, 5.74) is -0.731. The number of rotatable bonds is 4. The van der Waals surface area contributed by atoms with Crippen LogP contribution in [-0.4, -0.2) is 39.2 Å². The van der Waals surface area contributed by atoms with Crippen LogP contribution in [0.3, 0.4) is 0 Å². The summed E-state index contributed by atoms with van der Waals surface area (Å²) in [5.74, 6) is 0.682. The first-order valence-corrected chi connectivity index (χ1v) is 6.91. The number of thiophene rings is 1. The van der Waals surface area contributed by atoms with Crippen molar-refractivity contribution in [3.8, 4) is 0 Å². The lowest BCUT2D eigenvalue weighted by molar-refractivity contribution is 0.0418. The zero-order valence-corrected chi connectivity index (χ0v) is 12.2. The minimum atomic E-state index is -0.731. The van der Waals surface area contributed by atoms with Gasteiger partial charge in [0, 0.05) is 11.9 Å². The number of halogens is 1. The van der Waals surface area contributed by atoms with Crippen molar-refractivity contribution in [2.24, 2.45) is 0 Å². The molecule has 18 heavy (non-hydrogen) atoms. The zero-order chi connectivity index (χ0) is 13.3. The predicted octanol–water partition coefficient (Wildman–Crippen LogP) is 2.55. The molecule has 1 N–H and O–H groups in total. The van der Waals surface area contributed by atoms with Crippen LogP contribution in [0.5, 0.6) is 0 Å². The summed E-state index contributed by atoms with van der Waals surface area (Å²) < 4.78 is 0. The highest BCUT2D eigenvalue weighted by atomic mass is 35.5. The molecule has 0 aliphatic carbocycles. The first-order valence-electron chi connectivity index (χ1n) is 5.66. The maximum atomic E-state index is 9.75. The largest absolute Gasteiger partial charge is 0.389 e. The van der Waals surface area contributed by atoms with Crippen molar-refractivity contribution in [1.82, 2.24) is 14.9 Å². The van der Waals surface area contributed by atoms with Gasteiger partial charge in [-0.15, -0.1) is 11.3 Å². The van der Waals surface area contributed by atoms with E-state index < -0.39 is 5.60 Å². The van der Waals surface area contributed by atoms with Gasteiger partial charge in [-0.05, 0) is 32.3 Å². The smallest absolute Gasteiger partial charge is 0.145 e. The van der Waals surface area contributed by atoms with Crippen molar-refractivity contribution in [3.05, 3.63) is 22.4 Å². The van der Waals surface area contributed by atoms with Gasteiger partial charge in [0.2, 0.25) is 0 Å². The van der Waals surface area contributed by atoms with E-state index in [1.165, 1.54) is 0 Å². The molecule has 0 unspecified atom stereocenters. The van der Waals surface area contributed by atoms with Gasteiger partial charge in [-0.1, -0.05) is 11.6 Å². The summed E-state index contributed by atoms with van der Waals surface area (Å²) in [4.78, 5) is 11.6. The number of hydrogen-bond acceptors (Lipinski definition) is 5. The van der Waals surface area contributed by atoms with Crippen LogP contribution in [0.15, 0.2) is 11.4 Å². The van der Waals surface area contributed by atoms with Crippen molar-refractivity contribution >= 4 is 33.2 Å². The van der Waals surface area contributed by atoms with E-state index in [0.717, 1.165) is 10.2 Å². The Hall–Kier alpha value is -0.750. The maximum Gasteiger partial charge on any atom is 0.145 e. The molecule has 0 atom stereocenters. The summed E-state index contributed by atoms with van der Waals surface area (Å²) in [5, 5.41) is 13.1. The van der Waals surface area contributed by atoms with Gasteiger partial charge in [0.05, 0.1) is 12.1 Å². The summed E-state index contributed by atoms with van der Waals surface area (Å²) in [7, 11) is 1.92. The van der Waals surface area contributed by atoms with Gasteiger partial charge in [-0.3, -0.25) is 4.90 Å². The van der Waals surface area contributed by atoms with Crippen LogP contribution in [0.1, 0.15) is 19.7 Å². The van der Waals surface area contributed by atoms with Crippen molar-refractivity contribution in [3.63, 3.8) is 0 Å². The molecular formula is C12H16ClN3OS. The molecule has 0 radical (unpaired) electrons. The zero-order valence-electron chi connectivity index (χ0n) is 10.6. The van der Waals surface area contributed by atoms with Crippen LogP contribution in [0.25, 0.3) is 10.2 Å². The van der Waals surface area contributed by atoms with E-state index in [4.69, 9.17) is 11.6 Å². The average Bonchev–Trinajstić information content (AvgIpc) is 2.62. The van der Waals surface area contributed by atoms with Crippen molar-refractivity contribution in [2.75, 3.05) is 13.6 Å². The van der Waals surface area contributed by atoms with Gasteiger partial charge in [-0.2, -0.15) is 0 Å². The Bertz CT molecular complexity index is 550. The third-order valence-corrected chi connectivity index (χ3v) is 3.49. The molecule has 0 fully saturated rings. The topological polar surface area (TPSA) is 49.2 Å². The summed E-state index contributed by atoms with van der Waals surface area (Å²) in [6.07, 6.45) is 0. The SMILES string of the molecule is CN(Cc1nc(Cl)c2ccsc2n1)CC(C)(C)O.